The van der Waals surface area contributed by atoms with Gasteiger partial charge in [0, 0.05) is 0 Å². The van der Waals surface area contributed by atoms with E-state index in [-0.39, 0.29) is 35.5 Å². The lowest BCUT2D eigenvalue weighted by molar-refractivity contribution is -0.146. The number of amides is 3. The van der Waals surface area contributed by atoms with Crippen LogP contribution in [0.2, 0.25) is 0 Å². The van der Waals surface area contributed by atoms with E-state index in [4.69, 9.17) is 0 Å². The average molecular weight is 332 g/mol. The number of hydrogen-bond acceptors (Lipinski definition) is 6. The summed E-state index contributed by atoms with van der Waals surface area (Å²) >= 11 is 1.19. The minimum atomic E-state index is -0.844. The Bertz CT molecular complexity index is 670. The first-order valence-electron chi connectivity index (χ1n) is 7.70. The molecule has 5 rings (SSSR count). The molecule has 1 aromatic heterocycles. The van der Waals surface area contributed by atoms with Gasteiger partial charge in [0.2, 0.25) is 22.9 Å². The number of carbonyl (C=O) groups is 3. The number of hydrogen-bond donors (Lipinski definition) is 1. The van der Waals surface area contributed by atoms with Gasteiger partial charge in [-0.2, -0.15) is 0 Å². The average Bonchev–Trinajstić information content (AvgIpc) is 3.16. The highest BCUT2D eigenvalue weighted by atomic mass is 32.1. The Hall–Kier alpha value is -2.09. The fraction of sp³-hybridized carbons (Fsp3) is 0.533. The summed E-state index contributed by atoms with van der Waals surface area (Å²) in [6.45, 7) is 1.58. The smallest absolute Gasteiger partial charge is 0.249 e. The molecule has 3 aliphatic carbocycles. The van der Waals surface area contributed by atoms with Gasteiger partial charge in [-0.15, -0.1) is 10.2 Å². The van der Waals surface area contributed by atoms with Crippen LogP contribution in [-0.4, -0.2) is 38.9 Å². The minimum absolute atomic E-state index is 0.130. The molecule has 1 N–H and O–H groups in total. The monoisotopic (exact) mass is 332 g/mol. The lowest BCUT2D eigenvalue weighted by Gasteiger charge is -2.38. The van der Waals surface area contributed by atoms with Crippen LogP contribution in [0.3, 0.4) is 0 Å². The van der Waals surface area contributed by atoms with Crippen molar-refractivity contribution in [3.8, 4) is 0 Å². The summed E-state index contributed by atoms with van der Waals surface area (Å²) in [4.78, 5) is 39.0. The molecule has 2 fully saturated rings. The topological polar surface area (TPSA) is 92.3 Å². The summed E-state index contributed by atoms with van der Waals surface area (Å²) in [6, 6.07) is -0.844. The fourth-order valence-corrected chi connectivity index (χ4v) is 4.48. The maximum Gasteiger partial charge on any atom is 0.249 e. The van der Waals surface area contributed by atoms with Crippen LogP contribution in [0.1, 0.15) is 19.8 Å². The van der Waals surface area contributed by atoms with Gasteiger partial charge in [-0.25, -0.2) is 0 Å². The van der Waals surface area contributed by atoms with Crippen molar-refractivity contribution >= 4 is 34.2 Å². The number of likely N-dealkylation sites (tertiary alicyclic amines) is 1. The lowest BCUT2D eigenvalue weighted by atomic mass is 9.63. The van der Waals surface area contributed by atoms with Crippen molar-refractivity contribution in [3.63, 3.8) is 0 Å². The van der Waals surface area contributed by atoms with E-state index in [1.165, 1.54) is 16.8 Å². The van der Waals surface area contributed by atoms with Gasteiger partial charge in [0.15, 0.2) is 0 Å². The number of nitrogens with one attached hydrogen (secondary N) is 1. The van der Waals surface area contributed by atoms with Gasteiger partial charge in [0.05, 0.1) is 11.8 Å². The third kappa shape index (κ3) is 2.12. The van der Waals surface area contributed by atoms with Gasteiger partial charge in [0.25, 0.3) is 0 Å². The third-order valence-electron chi connectivity index (χ3n) is 5.15. The molecular formula is C15H16N4O3S. The molecule has 1 aromatic rings. The number of nitrogens with zero attached hydrogens (tertiary/aromatic N) is 3. The highest BCUT2D eigenvalue weighted by Gasteiger charge is 2.58. The van der Waals surface area contributed by atoms with Crippen LogP contribution >= 0.6 is 11.3 Å². The molecule has 1 aliphatic heterocycles. The van der Waals surface area contributed by atoms with Crippen LogP contribution in [0, 0.1) is 23.7 Å². The number of allylic oxidation sites excluding steroid dienone is 2. The van der Waals surface area contributed by atoms with Crippen molar-refractivity contribution in [3.05, 3.63) is 17.7 Å². The summed E-state index contributed by atoms with van der Waals surface area (Å²) < 4.78 is 0. The Balaban J connectivity index is 1.56. The SMILES string of the molecule is C[C@H](C(=O)Nc1nncs1)N1C(=O)[C@H]2[C@H](C1=O)[C@H]1C=C[C@H]2CC1. The molecule has 120 valence electrons. The van der Waals surface area contributed by atoms with Gasteiger partial charge in [-0.3, -0.25) is 24.6 Å². The van der Waals surface area contributed by atoms with Crippen LogP contribution < -0.4 is 5.32 Å². The number of fused-ring (bicyclic) bond motifs is 1. The lowest BCUT2D eigenvalue weighted by Crippen LogP contribution is -2.46. The van der Waals surface area contributed by atoms with Crippen molar-refractivity contribution in [1.29, 1.82) is 0 Å². The number of rotatable bonds is 3. The van der Waals surface area contributed by atoms with Crippen molar-refractivity contribution < 1.29 is 14.4 Å². The summed E-state index contributed by atoms with van der Waals surface area (Å²) in [5, 5.41) is 10.4. The third-order valence-corrected chi connectivity index (χ3v) is 5.76. The first-order valence-corrected chi connectivity index (χ1v) is 8.58. The molecule has 2 bridgehead atoms. The second kappa shape index (κ2) is 5.23. The molecule has 1 saturated carbocycles. The number of carbonyl (C=O) groups excluding carboxylic acids is 3. The minimum Gasteiger partial charge on any atom is -0.299 e. The van der Waals surface area contributed by atoms with E-state index in [1.54, 1.807) is 6.92 Å². The molecule has 5 atom stereocenters. The summed E-state index contributed by atoms with van der Waals surface area (Å²) in [5.41, 5.74) is 1.50. The van der Waals surface area contributed by atoms with Crippen molar-refractivity contribution in [2.45, 2.75) is 25.8 Å². The number of anilines is 1. The molecule has 3 amide bonds. The molecule has 7 nitrogen and oxygen atoms in total. The molecule has 0 radical (unpaired) electrons. The van der Waals surface area contributed by atoms with Crippen LogP contribution in [0.5, 0.6) is 0 Å². The first kappa shape index (κ1) is 14.5. The molecule has 23 heavy (non-hydrogen) atoms. The first-order chi connectivity index (χ1) is 11.1. The zero-order valence-corrected chi connectivity index (χ0v) is 13.3. The Morgan fingerprint density at radius 3 is 2.35 bits per heavy atom. The quantitative estimate of drug-likeness (QED) is 0.660. The predicted octanol–water partition coefficient (Wildman–Crippen LogP) is 1.06. The van der Waals surface area contributed by atoms with Crippen LogP contribution in [0.4, 0.5) is 5.13 Å². The van der Waals surface area contributed by atoms with Crippen molar-refractivity contribution in [2.75, 3.05) is 5.32 Å². The van der Waals surface area contributed by atoms with E-state index in [1.807, 2.05) is 0 Å². The second-order valence-corrected chi connectivity index (χ2v) is 7.13. The molecular weight excluding hydrogens is 316 g/mol. The Morgan fingerprint density at radius 1 is 1.26 bits per heavy atom. The zero-order valence-electron chi connectivity index (χ0n) is 12.5. The molecule has 4 aliphatic rings. The number of imide groups is 1. The molecule has 0 spiro atoms. The largest absolute Gasteiger partial charge is 0.299 e. The maximum absolute atomic E-state index is 12.8. The van der Waals surface area contributed by atoms with E-state index in [0.29, 0.717) is 5.13 Å². The Morgan fingerprint density at radius 2 is 1.87 bits per heavy atom. The molecule has 1 saturated heterocycles. The van der Waals surface area contributed by atoms with Crippen molar-refractivity contribution in [2.24, 2.45) is 23.7 Å². The Kier molecular flexibility index (Phi) is 3.29. The normalized spacial score (nSPS) is 33.0. The van der Waals surface area contributed by atoms with Crippen molar-refractivity contribution in [1.82, 2.24) is 15.1 Å². The molecule has 8 heteroatoms. The van der Waals surface area contributed by atoms with Crippen LogP contribution in [0.15, 0.2) is 17.7 Å². The van der Waals surface area contributed by atoms with Crippen LogP contribution in [0.25, 0.3) is 0 Å². The van der Waals surface area contributed by atoms with E-state index in [2.05, 4.69) is 27.7 Å². The van der Waals surface area contributed by atoms with Gasteiger partial charge >= 0.3 is 0 Å². The van der Waals surface area contributed by atoms with Crippen LogP contribution in [-0.2, 0) is 14.4 Å². The zero-order chi connectivity index (χ0) is 16.1. The maximum atomic E-state index is 12.8. The molecule has 0 aromatic carbocycles. The van der Waals surface area contributed by atoms with Gasteiger partial charge in [0.1, 0.15) is 11.6 Å². The highest BCUT2D eigenvalue weighted by Crippen LogP contribution is 2.49. The van der Waals surface area contributed by atoms with E-state index in [9.17, 15) is 14.4 Å². The van der Waals surface area contributed by atoms with E-state index in [0.717, 1.165) is 17.7 Å². The fourth-order valence-electron chi connectivity index (χ4n) is 4.03. The van der Waals surface area contributed by atoms with E-state index >= 15 is 0 Å². The molecule has 0 unspecified atom stereocenters. The molecule has 2 heterocycles. The second-order valence-electron chi connectivity index (χ2n) is 6.30. The van der Waals surface area contributed by atoms with Gasteiger partial charge < -0.3 is 0 Å². The Labute approximate surface area is 136 Å². The summed E-state index contributed by atoms with van der Waals surface area (Å²) in [7, 11) is 0. The predicted molar refractivity (Wildman–Crippen MR) is 82.2 cm³/mol. The van der Waals surface area contributed by atoms with Gasteiger partial charge in [-0.05, 0) is 31.6 Å². The summed E-state index contributed by atoms with van der Waals surface area (Å²) in [5.74, 6) is -1.15. The number of aromatic nitrogens is 2. The standard InChI is InChI=1S/C15H16N4O3S/c1-7(12(20)17-15-18-16-6-23-15)19-13(21)10-8-2-3-9(5-4-8)11(10)14(19)22/h2-3,6-11H,4-5H2,1H3,(H,17,18,20)/t7-,8+,9+,10-,11-/m1/s1. The van der Waals surface area contributed by atoms with E-state index < -0.39 is 11.9 Å². The van der Waals surface area contributed by atoms with Gasteiger partial charge in [-0.1, -0.05) is 23.5 Å². The highest BCUT2D eigenvalue weighted by molar-refractivity contribution is 7.13. The summed E-state index contributed by atoms with van der Waals surface area (Å²) in [6.07, 6.45) is 6.02.